The fourth-order valence-electron chi connectivity index (χ4n) is 3.42. The molecule has 2 saturated heterocycles. The monoisotopic (exact) mass is 322 g/mol. The first-order valence-corrected chi connectivity index (χ1v) is 8.97. The van der Waals surface area contributed by atoms with E-state index in [0.29, 0.717) is 18.4 Å². The van der Waals surface area contributed by atoms with Crippen molar-refractivity contribution in [2.45, 2.75) is 50.9 Å². The van der Waals surface area contributed by atoms with Crippen LogP contribution in [0.2, 0.25) is 0 Å². The fraction of sp³-hybridized carbons (Fsp3) is 0.750. The Morgan fingerprint density at radius 3 is 3.00 bits per heavy atom. The van der Waals surface area contributed by atoms with Crippen LogP contribution in [-0.4, -0.2) is 47.2 Å². The quantitative estimate of drug-likeness (QED) is 0.852. The Morgan fingerprint density at radius 1 is 1.50 bits per heavy atom. The standard InChI is InChI=1S/C16H22N2O3S/c1-11-17-13(8-22-11)7-20-14-4-5-21-16(6-14)9-18(10-16)15(19)12-2-3-12/h8,12,14H,2-7,9-10H2,1H3/t14-/m0/s1. The van der Waals surface area contributed by atoms with Crippen LogP contribution in [0.1, 0.15) is 36.4 Å². The van der Waals surface area contributed by atoms with Gasteiger partial charge in [0.2, 0.25) is 5.91 Å². The number of aromatic nitrogens is 1. The summed E-state index contributed by atoms with van der Waals surface area (Å²) in [5.41, 5.74) is 0.869. The average Bonchev–Trinajstić information content (AvgIpc) is 3.25. The third-order valence-corrected chi connectivity index (χ3v) is 5.60. The van der Waals surface area contributed by atoms with Crippen molar-refractivity contribution in [3.8, 4) is 0 Å². The summed E-state index contributed by atoms with van der Waals surface area (Å²) in [6.07, 6.45) is 4.18. The van der Waals surface area contributed by atoms with Crippen LogP contribution in [-0.2, 0) is 20.9 Å². The van der Waals surface area contributed by atoms with Crippen molar-refractivity contribution in [2.24, 2.45) is 5.92 Å². The lowest BCUT2D eigenvalue weighted by molar-refractivity contribution is -0.203. The van der Waals surface area contributed by atoms with Crippen LogP contribution in [0.25, 0.3) is 0 Å². The third-order valence-electron chi connectivity index (χ3n) is 4.78. The number of amides is 1. The first-order valence-electron chi connectivity index (χ1n) is 8.09. The molecule has 1 amide bonds. The van der Waals surface area contributed by atoms with Crippen molar-refractivity contribution in [1.82, 2.24) is 9.88 Å². The van der Waals surface area contributed by atoms with E-state index in [1.807, 2.05) is 11.8 Å². The molecule has 120 valence electrons. The van der Waals surface area contributed by atoms with E-state index >= 15 is 0 Å². The first kappa shape index (κ1) is 14.6. The number of thiazole rings is 1. The van der Waals surface area contributed by atoms with Gasteiger partial charge in [0.25, 0.3) is 0 Å². The Hall–Kier alpha value is -0.980. The fourth-order valence-corrected chi connectivity index (χ4v) is 4.01. The Balaban J connectivity index is 1.28. The summed E-state index contributed by atoms with van der Waals surface area (Å²) in [5.74, 6) is 0.635. The van der Waals surface area contributed by atoms with E-state index < -0.39 is 0 Å². The number of hydrogen-bond donors (Lipinski definition) is 0. The maximum Gasteiger partial charge on any atom is 0.225 e. The number of carbonyl (C=O) groups excluding carboxylic acids is 1. The molecular weight excluding hydrogens is 300 g/mol. The molecule has 1 spiro atoms. The number of ether oxygens (including phenoxy) is 2. The van der Waals surface area contributed by atoms with Gasteiger partial charge >= 0.3 is 0 Å². The van der Waals surface area contributed by atoms with Gasteiger partial charge in [0.1, 0.15) is 5.60 Å². The number of nitrogens with zero attached hydrogens (tertiary/aromatic N) is 2. The zero-order chi connectivity index (χ0) is 15.2. The topological polar surface area (TPSA) is 51.7 Å². The summed E-state index contributed by atoms with van der Waals surface area (Å²) >= 11 is 1.66. The van der Waals surface area contributed by atoms with Crippen molar-refractivity contribution in [1.29, 1.82) is 0 Å². The summed E-state index contributed by atoms with van der Waals surface area (Å²) in [4.78, 5) is 18.4. The summed E-state index contributed by atoms with van der Waals surface area (Å²) in [5, 5.41) is 3.14. The molecular formula is C16H22N2O3S. The molecule has 0 N–H and O–H groups in total. The molecule has 1 aliphatic carbocycles. The molecule has 3 heterocycles. The van der Waals surface area contributed by atoms with Crippen LogP contribution in [0.3, 0.4) is 0 Å². The molecule has 0 bridgehead atoms. The minimum Gasteiger partial charge on any atom is -0.372 e. The normalized spacial score (nSPS) is 27.0. The Morgan fingerprint density at radius 2 is 2.32 bits per heavy atom. The lowest BCUT2D eigenvalue weighted by Gasteiger charge is -2.53. The summed E-state index contributed by atoms with van der Waals surface area (Å²) < 4.78 is 12.0. The Kier molecular flexibility index (Phi) is 3.71. The van der Waals surface area contributed by atoms with Crippen molar-refractivity contribution < 1.29 is 14.3 Å². The second-order valence-corrected chi connectivity index (χ2v) is 7.85. The van der Waals surface area contributed by atoms with Crippen molar-refractivity contribution in [2.75, 3.05) is 19.7 Å². The van der Waals surface area contributed by atoms with E-state index in [1.54, 1.807) is 11.3 Å². The molecule has 0 radical (unpaired) electrons. The molecule has 3 aliphatic rings. The van der Waals surface area contributed by atoms with Gasteiger partial charge in [0.05, 0.1) is 36.5 Å². The predicted molar refractivity (Wildman–Crippen MR) is 82.6 cm³/mol. The van der Waals surface area contributed by atoms with E-state index in [2.05, 4.69) is 10.4 Å². The highest BCUT2D eigenvalue weighted by Gasteiger charge is 2.51. The molecule has 0 unspecified atom stereocenters. The van der Waals surface area contributed by atoms with Gasteiger partial charge in [0, 0.05) is 24.3 Å². The highest BCUT2D eigenvalue weighted by Crippen LogP contribution is 2.39. The molecule has 1 aromatic rings. The minimum atomic E-state index is -0.147. The third kappa shape index (κ3) is 2.92. The molecule has 2 aliphatic heterocycles. The molecule has 3 fully saturated rings. The SMILES string of the molecule is Cc1nc(CO[C@H]2CCOC3(C2)CN(C(=O)C2CC2)C3)cs1. The van der Waals surface area contributed by atoms with E-state index in [1.165, 1.54) is 0 Å². The Bertz CT molecular complexity index is 563. The molecule has 1 atom stereocenters. The summed E-state index contributed by atoms with van der Waals surface area (Å²) in [6.45, 7) is 4.81. The van der Waals surface area contributed by atoms with Crippen molar-refractivity contribution in [3.05, 3.63) is 16.1 Å². The predicted octanol–water partition coefficient (Wildman–Crippen LogP) is 2.14. The molecule has 4 rings (SSSR count). The van der Waals surface area contributed by atoms with Gasteiger partial charge < -0.3 is 14.4 Å². The second kappa shape index (κ2) is 5.58. The van der Waals surface area contributed by atoms with Gasteiger partial charge in [-0.25, -0.2) is 4.98 Å². The highest BCUT2D eigenvalue weighted by molar-refractivity contribution is 7.09. The highest BCUT2D eigenvalue weighted by atomic mass is 32.1. The number of hydrogen-bond acceptors (Lipinski definition) is 5. The number of aryl methyl sites for hydroxylation is 1. The van der Waals surface area contributed by atoms with Gasteiger partial charge in [-0.05, 0) is 26.2 Å². The van der Waals surface area contributed by atoms with Crippen LogP contribution < -0.4 is 0 Å². The zero-order valence-corrected chi connectivity index (χ0v) is 13.7. The average molecular weight is 322 g/mol. The molecule has 0 aromatic carbocycles. The van der Waals surface area contributed by atoms with Crippen LogP contribution in [0.15, 0.2) is 5.38 Å². The maximum absolute atomic E-state index is 12.0. The molecule has 5 nitrogen and oxygen atoms in total. The summed E-state index contributed by atoms with van der Waals surface area (Å²) in [7, 11) is 0. The van der Waals surface area contributed by atoms with Gasteiger partial charge in [-0.2, -0.15) is 0 Å². The lowest BCUT2D eigenvalue weighted by atomic mass is 9.84. The second-order valence-electron chi connectivity index (χ2n) is 6.78. The van der Waals surface area contributed by atoms with Crippen molar-refractivity contribution >= 4 is 17.2 Å². The van der Waals surface area contributed by atoms with E-state index in [9.17, 15) is 4.79 Å². The first-order chi connectivity index (χ1) is 10.6. The van der Waals surface area contributed by atoms with Gasteiger partial charge in [-0.1, -0.05) is 0 Å². The van der Waals surface area contributed by atoms with Crippen LogP contribution in [0.5, 0.6) is 0 Å². The zero-order valence-electron chi connectivity index (χ0n) is 12.9. The minimum absolute atomic E-state index is 0.147. The van der Waals surface area contributed by atoms with E-state index in [0.717, 1.165) is 56.1 Å². The van der Waals surface area contributed by atoms with Gasteiger partial charge in [-0.3, -0.25) is 4.79 Å². The van der Waals surface area contributed by atoms with Crippen LogP contribution >= 0.6 is 11.3 Å². The maximum atomic E-state index is 12.0. The van der Waals surface area contributed by atoms with Crippen molar-refractivity contribution in [3.63, 3.8) is 0 Å². The molecule has 1 aromatic heterocycles. The van der Waals surface area contributed by atoms with Gasteiger partial charge in [0.15, 0.2) is 0 Å². The Labute approximate surface area is 134 Å². The van der Waals surface area contributed by atoms with Gasteiger partial charge in [-0.15, -0.1) is 11.3 Å². The van der Waals surface area contributed by atoms with Crippen LogP contribution in [0, 0.1) is 12.8 Å². The van der Waals surface area contributed by atoms with E-state index in [-0.39, 0.29) is 11.7 Å². The largest absolute Gasteiger partial charge is 0.372 e. The molecule has 22 heavy (non-hydrogen) atoms. The smallest absolute Gasteiger partial charge is 0.225 e. The molecule has 1 saturated carbocycles. The van der Waals surface area contributed by atoms with Crippen LogP contribution in [0.4, 0.5) is 0 Å². The molecule has 6 heteroatoms. The van der Waals surface area contributed by atoms with E-state index in [4.69, 9.17) is 9.47 Å². The number of rotatable bonds is 4. The lowest BCUT2D eigenvalue weighted by Crippen LogP contribution is -2.67. The number of carbonyl (C=O) groups is 1. The summed E-state index contributed by atoms with van der Waals surface area (Å²) in [6, 6.07) is 0. The number of likely N-dealkylation sites (tertiary alicyclic amines) is 1.